The van der Waals surface area contributed by atoms with Crippen LogP contribution in [0, 0.1) is 0 Å². The van der Waals surface area contributed by atoms with E-state index in [1.807, 2.05) is 72.9 Å². The zero-order valence-electron chi connectivity index (χ0n) is 17.1. The van der Waals surface area contributed by atoms with Gasteiger partial charge in [0, 0.05) is 41.8 Å². The molecule has 4 rings (SSSR count). The summed E-state index contributed by atoms with van der Waals surface area (Å²) in [4.78, 5) is 19.0. The van der Waals surface area contributed by atoms with Crippen molar-refractivity contribution in [2.75, 3.05) is 18.5 Å². The Balaban J connectivity index is 1.41. The van der Waals surface area contributed by atoms with Crippen molar-refractivity contribution < 1.29 is 14.6 Å². The number of aromatic nitrogens is 2. The van der Waals surface area contributed by atoms with Gasteiger partial charge in [0.15, 0.2) is 0 Å². The number of hydrogen-bond acceptors (Lipinski definition) is 4. The highest BCUT2D eigenvalue weighted by Gasteiger charge is 2.21. The lowest BCUT2D eigenvalue weighted by Crippen LogP contribution is -2.08. The summed E-state index contributed by atoms with van der Waals surface area (Å²) < 4.78 is 5.90. The summed E-state index contributed by atoms with van der Waals surface area (Å²) in [5.41, 5.74) is 2.91. The number of nitrogens with zero attached hydrogens (tertiary/aromatic N) is 1. The molecular weight excluding hydrogens is 390 g/mol. The fraction of sp³-hybridized carbons (Fsp3) is 0.200. The molecule has 6 heteroatoms. The minimum Gasteiger partial charge on any atom is -0.493 e. The minimum absolute atomic E-state index is 0.0402. The van der Waals surface area contributed by atoms with Crippen molar-refractivity contribution in [1.29, 1.82) is 0 Å². The number of carboxylic acid groups (broad SMARTS) is 1. The van der Waals surface area contributed by atoms with Crippen molar-refractivity contribution in [3.63, 3.8) is 0 Å². The fourth-order valence-electron chi connectivity index (χ4n) is 3.72. The Hall–Kier alpha value is -3.80. The minimum atomic E-state index is -0.817. The number of fused-ring (bicyclic) bond motifs is 1. The van der Waals surface area contributed by atoms with Gasteiger partial charge < -0.3 is 20.1 Å². The standard InChI is InChI=1S/C25H25N3O3/c29-25(30)16-21(18-7-2-1-3-8-18)22-17-28-23-15-19(10-11-20(22)23)31-14-6-13-27-24-9-4-5-12-26-24/h1-5,7-12,15,17,21,28H,6,13-14,16H2,(H,26,27)(H,29,30)/t21-/m0/s1. The van der Waals surface area contributed by atoms with Gasteiger partial charge in [0.2, 0.25) is 0 Å². The van der Waals surface area contributed by atoms with Gasteiger partial charge in [0.25, 0.3) is 0 Å². The monoisotopic (exact) mass is 415 g/mol. The van der Waals surface area contributed by atoms with Crippen molar-refractivity contribution in [2.24, 2.45) is 0 Å². The molecule has 2 aromatic carbocycles. The summed E-state index contributed by atoms with van der Waals surface area (Å²) in [6.07, 6.45) is 4.56. The van der Waals surface area contributed by atoms with E-state index in [0.29, 0.717) is 6.61 Å². The van der Waals surface area contributed by atoms with Gasteiger partial charge >= 0.3 is 5.97 Å². The van der Waals surface area contributed by atoms with Crippen LogP contribution in [0.2, 0.25) is 0 Å². The molecule has 0 aliphatic heterocycles. The third-order valence-corrected chi connectivity index (χ3v) is 5.20. The number of H-pyrrole nitrogens is 1. The van der Waals surface area contributed by atoms with Crippen LogP contribution in [0.3, 0.4) is 0 Å². The number of aliphatic carboxylic acids is 1. The number of carboxylic acids is 1. The molecular formula is C25H25N3O3. The molecule has 0 aliphatic carbocycles. The van der Waals surface area contributed by atoms with Gasteiger partial charge in [0.1, 0.15) is 11.6 Å². The molecule has 3 N–H and O–H groups in total. The van der Waals surface area contributed by atoms with Crippen LogP contribution in [-0.4, -0.2) is 34.2 Å². The van der Waals surface area contributed by atoms with Crippen LogP contribution >= 0.6 is 0 Å². The maximum absolute atomic E-state index is 11.5. The first-order chi connectivity index (χ1) is 15.2. The summed E-state index contributed by atoms with van der Waals surface area (Å²) in [5.74, 6) is 0.616. The smallest absolute Gasteiger partial charge is 0.304 e. The van der Waals surface area contributed by atoms with Crippen molar-refractivity contribution in [3.8, 4) is 5.75 Å². The van der Waals surface area contributed by atoms with E-state index < -0.39 is 5.97 Å². The van der Waals surface area contributed by atoms with E-state index in [1.54, 1.807) is 6.20 Å². The molecule has 31 heavy (non-hydrogen) atoms. The Morgan fingerprint density at radius 3 is 2.71 bits per heavy atom. The predicted octanol–water partition coefficient (Wildman–Crippen LogP) is 5.05. The molecule has 2 aromatic heterocycles. The summed E-state index contributed by atoms with van der Waals surface area (Å²) in [6, 6.07) is 21.4. The Morgan fingerprint density at radius 2 is 1.94 bits per heavy atom. The zero-order chi connectivity index (χ0) is 21.5. The predicted molar refractivity (Wildman–Crippen MR) is 122 cm³/mol. The lowest BCUT2D eigenvalue weighted by molar-refractivity contribution is -0.137. The van der Waals surface area contributed by atoms with Crippen LogP contribution in [0.4, 0.5) is 5.82 Å². The van der Waals surface area contributed by atoms with Crippen molar-refractivity contribution >= 4 is 22.7 Å². The molecule has 0 amide bonds. The Kier molecular flexibility index (Phi) is 6.47. The topological polar surface area (TPSA) is 87.2 Å². The molecule has 0 saturated carbocycles. The molecule has 1 atom stereocenters. The molecule has 0 bridgehead atoms. The largest absolute Gasteiger partial charge is 0.493 e. The first kappa shape index (κ1) is 20.5. The van der Waals surface area contributed by atoms with Crippen LogP contribution in [-0.2, 0) is 4.79 Å². The number of pyridine rings is 1. The van der Waals surface area contributed by atoms with Gasteiger partial charge in [0.05, 0.1) is 13.0 Å². The van der Waals surface area contributed by atoms with E-state index in [-0.39, 0.29) is 12.3 Å². The van der Waals surface area contributed by atoms with Gasteiger partial charge in [-0.2, -0.15) is 0 Å². The Labute approximate surface area is 180 Å². The van der Waals surface area contributed by atoms with Crippen molar-refractivity contribution in [1.82, 2.24) is 9.97 Å². The third kappa shape index (κ3) is 5.22. The lowest BCUT2D eigenvalue weighted by Gasteiger charge is -2.15. The molecule has 0 unspecified atom stereocenters. The number of ether oxygens (including phenoxy) is 1. The summed E-state index contributed by atoms with van der Waals surface area (Å²) >= 11 is 0. The number of nitrogens with one attached hydrogen (secondary N) is 2. The van der Waals surface area contributed by atoms with E-state index in [4.69, 9.17) is 4.74 Å². The molecule has 6 nitrogen and oxygen atoms in total. The normalized spacial score (nSPS) is 11.9. The highest BCUT2D eigenvalue weighted by molar-refractivity contribution is 5.86. The molecule has 0 fully saturated rings. The van der Waals surface area contributed by atoms with E-state index in [9.17, 15) is 9.90 Å². The van der Waals surface area contributed by atoms with Crippen LogP contribution in [0.15, 0.2) is 79.1 Å². The molecule has 0 radical (unpaired) electrons. The number of anilines is 1. The number of benzene rings is 2. The second-order valence-corrected chi connectivity index (χ2v) is 7.36. The van der Waals surface area contributed by atoms with E-state index in [1.165, 1.54) is 0 Å². The second-order valence-electron chi connectivity index (χ2n) is 7.36. The maximum Gasteiger partial charge on any atom is 0.304 e. The highest BCUT2D eigenvalue weighted by atomic mass is 16.5. The van der Waals surface area contributed by atoms with Crippen molar-refractivity contribution in [3.05, 3.63) is 90.3 Å². The quantitative estimate of drug-likeness (QED) is 0.316. The van der Waals surface area contributed by atoms with Gasteiger partial charge in [-0.05, 0) is 41.8 Å². The Morgan fingerprint density at radius 1 is 1.10 bits per heavy atom. The fourth-order valence-corrected chi connectivity index (χ4v) is 3.72. The van der Waals surface area contributed by atoms with Gasteiger partial charge in [-0.15, -0.1) is 0 Å². The van der Waals surface area contributed by atoms with Crippen LogP contribution in [0.5, 0.6) is 5.75 Å². The van der Waals surface area contributed by atoms with Gasteiger partial charge in [-0.3, -0.25) is 4.79 Å². The van der Waals surface area contributed by atoms with Crippen molar-refractivity contribution in [2.45, 2.75) is 18.8 Å². The van der Waals surface area contributed by atoms with Gasteiger partial charge in [-0.1, -0.05) is 36.4 Å². The van der Waals surface area contributed by atoms with Gasteiger partial charge in [-0.25, -0.2) is 4.98 Å². The molecule has 0 aliphatic rings. The lowest BCUT2D eigenvalue weighted by atomic mass is 9.88. The SMILES string of the molecule is O=C(O)C[C@@H](c1ccccc1)c1c[nH]c2cc(OCCCNc3ccccn3)ccc12. The average Bonchev–Trinajstić information content (AvgIpc) is 3.21. The summed E-state index contributed by atoms with van der Waals surface area (Å²) in [7, 11) is 0. The van der Waals surface area contributed by atoms with E-state index >= 15 is 0 Å². The highest BCUT2D eigenvalue weighted by Crippen LogP contribution is 2.34. The summed E-state index contributed by atoms with van der Waals surface area (Å²) in [5, 5.41) is 13.7. The maximum atomic E-state index is 11.5. The number of carbonyl (C=O) groups is 1. The molecule has 2 heterocycles. The first-order valence-corrected chi connectivity index (χ1v) is 10.4. The second kappa shape index (κ2) is 9.80. The molecule has 158 valence electrons. The molecule has 0 spiro atoms. The Bertz CT molecular complexity index is 1130. The average molecular weight is 415 g/mol. The zero-order valence-corrected chi connectivity index (χ0v) is 17.1. The first-order valence-electron chi connectivity index (χ1n) is 10.4. The molecule has 4 aromatic rings. The van der Waals surface area contributed by atoms with E-state index in [2.05, 4.69) is 15.3 Å². The number of aromatic amines is 1. The third-order valence-electron chi connectivity index (χ3n) is 5.20. The number of rotatable bonds is 10. The number of hydrogen-bond donors (Lipinski definition) is 3. The van der Waals surface area contributed by atoms with Crippen LogP contribution in [0.1, 0.15) is 29.9 Å². The van der Waals surface area contributed by atoms with E-state index in [0.717, 1.165) is 46.6 Å². The summed E-state index contributed by atoms with van der Waals surface area (Å²) in [6.45, 7) is 1.37. The van der Waals surface area contributed by atoms with Crippen LogP contribution < -0.4 is 10.1 Å². The van der Waals surface area contributed by atoms with Crippen LogP contribution in [0.25, 0.3) is 10.9 Å². The molecule has 0 saturated heterocycles.